The molecule has 0 aliphatic rings. The molecule has 0 fully saturated rings. The smallest absolute Gasteiger partial charge is 0.152 e. The lowest BCUT2D eigenvalue weighted by atomic mass is 10.1. The molecule has 0 aliphatic heterocycles. The van der Waals surface area contributed by atoms with Gasteiger partial charge in [0, 0.05) is 9.86 Å². The first-order valence-corrected chi connectivity index (χ1v) is 7.12. The maximum Gasteiger partial charge on any atom is 0.152 e. The van der Waals surface area contributed by atoms with Crippen LogP contribution < -0.4 is 5.73 Å². The summed E-state index contributed by atoms with van der Waals surface area (Å²) in [4.78, 5) is 0. The Hall–Kier alpha value is -1.36. The molecule has 2 nitrogen and oxygen atoms in total. The highest BCUT2D eigenvalue weighted by Gasteiger charge is 2.18. The monoisotopic (exact) mass is 353 g/mol. The first-order chi connectivity index (χ1) is 9.56. The number of hydrogen-bond acceptors (Lipinski definition) is 2. The molecule has 0 saturated carbocycles. The van der Waals surface area contributed by atoms with E-state index in [1.807, 2.05) is 18.2 Å². The van der Waals surface area contributed by atoms with Crippen LogP contribution in [0.1, 0.15) is 17.4 Å². The lowest BCUT2D eigenvalue weighted by Crippen LogP contribution is -2.11. The molecule has 2 aromatic carbocycles. The average molecular weight is 355 g/mol. The molecular weight excluding hydrogens is 345 g/mol. The van der Waals surface area contributed by atoms with Crippen molar-refractivity contribution in [2.75, 3.05) is 0 Å². The molecule has 102 valence electrons. The number of benzene rings is 2. The Morgan fingerprint density at radius 1 is 1.20 bits per heavy atom. The van der Waals surface area contributed by atoms with E-state index in [0.717, 1.165) is 10.9 Å². The number of nitrogens with two attached hydrogens (primary N) is 1. The lowest BCUT2D eigenvalue weighted by molar-refractivity contribution is 0.524. The number of rotatable bonds is 2. The molecule has 1 atom stereocenters. The fraction of sp³-hybridized carbons (Fsp3) is 0.0667. The second kappa shape index (κ2) is 5.20. The third kappa shape index (κ3) is 2.35. The van der Waals surface area contributed by atoms with E-state index in [2.05, 4.69) is 15.9 Å². The van der Waals surface area contributed by atoms with Gasteiger partial charge < -0.3 is 10.2 Å². The van der Waals surface area contributed by atoms with Gasteiger partial charge in [-0.15, -0.1) is 0 Å². The highest BCUT2D eigenvalue weighted by Crippen LogP contribution is 2.33. The zero-order valence-corrected chi connectivity index (χ0v) is 12.6. The van der Waals surface area contributed by atoms with Crippen LogP contribution in [0.25, 0.3) is 11.0 Å². The summed E-state index contributed by atoms with van der Waals surface area (Å²) < 4.78 is 19.5. The molecule has 5 heteroatoms. The van der Waals surface area contributed by atoms with Gasteiger partial charge in [0.2, 0.25) is 0 Å². The molecule has 0 amide bonds. The third-order valence-electron chi connectivity index (χ3n) is 3.12. The summed E-state index contributed by atoms with van der Waals surface area (Å²) in [6, 6.07) is 11.3. The number of fused-ring (bicyclic) bond motifs is 1. The van der Waals surface area contributed by atoms with E-state index in [0.29, 0.717) is 20.8 Å². The lowest BCUT2D eigenvalue weighted by Gasteiger charge is -2.11. The summed E-state index contributed by atoms with van der Waals surface area (Å²) in [5, 5.41) is 1.43. The van der Waals surface area contributed by atoms with E-state index in [4.69, 9.17) is 21.8 Å². The molecule has 0 bridgehead atoms. The standard InChI is InChI=1S/C15H10BrClFNO/c16-11-7-9(18)4-5-10(11)14(19)13-6-8-2-1-3-12(17)15(8)20-13/h1-7,14H,19H2. The molecule has 1 aromatic heterocycles. The molecule has 2 N–H and O–H groups in total. The van der Waals surface area contributed by atoms with Crippen LogP contribution in [0.2, 0.25) is 5.02 Å². The van der Waals surface area contributed by atoms with E-state index in [9.17, 15) is 4.39 Å². The Morgan fingerprint density at radius 2 is 2.00 bits per heavy atom. The van der Waals surface area contributed by atoms with E-state index in [1.54, 1.807) is 12.1 Å². The van der Waals surface area contributed by atoms with Crippen LogP contribution in [-0.2, 0) is 0 Å². The second-order valence-corrected chi connectivity index (χ2v) is 5.71. The normalized spacial score (nSPS) is 12.8. The molecule has 0 saturated heterocycles. The molecule has 20 heavy (non-hydrogen) atoms. The predicted molar refractivity (Wildman–Crippen MR) is 81.4 cm³/mol. The Morgan fingerprint density at radius 3 is 2.70 bits per heavy atom. The van der Waals surface area contributed by atoms with Crippen molar-refractivity contribution in [3.8, 4) is 0 Å². The molecule has 0 aliphatic carbocycles. The summed E-state index contributed by atoms with van der Waals surface area (Å²) in [7, 11) is 0. The fourth-order valence-corrected chi connectivity index (χ4v) is 2.93. The molecule has 1 heterocycles. The summed E-state index contributed by atoms with van der Waals surface area (Å²) in [5.41, 5.74) is 7.55. The molecule has 3 aromatic rings. The minimum Gasteiger partial charge on any atom is -0.457 e. The largest absolute Gasteiger partial charge is 0.457 e. The third-order valence-corrected chi connectivity index (χ3v) is 4.10. The zero-order chi connectivity index (χ0) is 14.3. The Labute approximate surface area is 128 Å². The van der Waals surface area contributed by atoms with Gasteiger partial charge in [-0.25, -0.2) is 4.39 Å². The van der Waals surface area contributed by atoms with Gasteiger partial charge in [-0.1, -0.05) is 45.7 Å². The van der Waals surface area contributed by atoms with Crippen LogP contribution in [0.15, 0.2) is 51.4 Å². The summed E-state index contributed by atoms with van der Waals surface area (Å²) in [5.74, 6) is 0.265. The van der Waals surface area contributed by atoms with Gasteiger partial charge in [-0.05, 0) is 29.8 Å². The summed E-state index contributed by atoms with van der Waals surface area (Å²) >= 11 is 9.40. The Bertz CT molecular complexity index is 787. The number of para-hydroxylation sites is 1. The Balaban J connectivity index is 2.08. The van der Waals surface area contributed by atoms with Crippen molar-refractivity contribution in [3.63, 3.8) is 0 Å². The van der Waals surface area contributed by atoms with Crippen LogP contribution >= 0.6 is 27.5 Å². The van der Waals surface area contributed by atoms with Gasteiger partial charge in [0.25, 0.3) is 0 Å². The minimum atomic E-state index is -0.492. The van der Waals surface area contributed by atoms with E-state index >= 15 is 0 Å². The van der Waals surface area contributed by atoms with Crippen molar-refractivity contribution in [3.05, 3.63) is 69.1 Å². The van der Waals surface area contributed by atoms with Crippen LogP contribution in [-0.4, -0.2) is 0 Å². The van der Waals surface area contributed by atoms with Gasteiger partial charge in [0.15, 0.2) is 5.58 Å². The summed E-state index contributed by atoms with van der Waals surface area (Å²) in [6.07, 6.45) is 0. The van der Waals surface area contributed by atoms with E-state index in [-0.39, 0.29) is 5.82 Å². The second-order valence-electron chi connectivity index (χ2n) is 4.45. The first kappa shape index (κ1) is 13.6. The van der Waals surface area contributed by atoms with Gasteiger partial charge in [-0.3, -0.25) is 0 Å². The molecule has 0 spiro atoms. The SMILES string of the molecule is NC(c1cc2cccc(Cl)c2o1)c1ccc(F)cc1Br. The number of furan rings is 1. The molecule has 0 radical (unpaired) electrons. The topological polar surface area (TPSA) is 39.2 Å². The van der Waals surface area contributed by atoms with E-state index in [1.165, 1.54) is 12.1 Å². The van der Waals surface area contributed by atoms with Gasteiger partial charge in [-0.2, -0.15) is 0 Å². The van der Waals surface area contributed by atoms with Crippen molar-refractivity contribution in [2.24, 2.45) is 5.73 Å². The highest BCUT2D eigenvalue weighted by atomic mass is 79.9. The van der Waals surface area contributed by atoms with Crippen molar-refractivity contribution in [1.29, 1.82) is 0 Å². The van der Waals surface area contributed by atoms with E-state index < -0.39 is 6.04 Å². The maximum absolute atomic E-state index is 13.1. The van der Waals surface area contributed by atoms with Gasteiger partial charge in [0.1, 0.15) is 11.6 Å². The fourth-order valence-electron chi connectivity index (χ4n) is 2.11. The van der Waals surface area contributed by atoms with Gasteiger partial charge >= 0.3 is 0 Å². The van der Waals surface area contributed by atoms with Crippen molar-refractivity contribution in [1.82, 2.24) is 0 Å². The van der Waals surface area contributed by atoms with Crippen LogP contribution in [0.4, 0.5) is 4.39 Å². The zero-order valence-electron chi connectivity index (χ0n) is 10.2. The molecule has 1 unspecified atom stereocenters. The predicted octanol–water partition coefficient (Wildman–Crippen LogP) is 5.04. The van der Waals surface area contributed by atoms with Crippen molar-refractivity contribution >= 4 is 38.5 Å². The molecule has 3 rings (SSSR count). The van der Waals surface area contributed by atoms with Gasteiger partial charge in [0.05, 0.1) is 11.1 Å². The first-order valence-electron chi connectivity index (χ1n) is 5.95. The number of hydrogen-bond donors (Lipinski definition) is 1. The van der Waals surface area contributed by atoms with Crippen LogP contribution in [0, 0.1) is 5.82 Å². The minimum absolute atomic E-state index is 0.319. The summed E-state index contributed by atoms with van der Waals surface area (Å²) in [6.45, 7) is 0. The quantitative estimate of drug-likeness (QED) is 0.700. The number of halogens is 3. The maximum atomic E-state index is 13.1. The van der Waals surface area contributed by atoms with Crippen molar-refractivity contribution in [2.45, 2.75) is 6.04 Å². The van der Waals surface area contributed by atoms with Crippen LogP contribution in [0.3, 0.4) is 0 Å². The average Bonchev–Trinajstić information content (AvgIpc) is 2.83. The van der Waals surface area contributed by atoms with Crippen molar-refractivity contribution < 1.29 is 8.81 Å². The Kier molecular flexibility index (Phi) is 3.54. The molecular formula is C15H10BrClFNO. The highest BCUT2D eigenvalue weighted by molar-refractivity contribution is 9.10. The van der Waals surface area contributed by atoms with Crippen LogP contribution in [0.5, 0.6) is 0 Å².